The highest BCUT2D eigenvalue weighted by Crippen LogP contribution is 2.29. The van der Waals surface area contributed by atoms with Gasteiger partial charge in [0.2, 0.25) is 5.91 Å². The molecule has 1 aliphatic rings. The van der Waals surface area contributed by atoms with Crippen molar-refractivity contribution in [3.63, 3.8) is 0 Å². The van der Waals surface area contributed by atoms with Gasteiger partial charge in [-0.2, -0.15) is 0 Å². The van der Waals surface area contributed by atoms with Crippen molar-refractivity contribution in [2.75, 3.05) is 10.6 Å². The molecule has 1 saturated carbocycles. The van der Waals surface area contributed by atoms with E-state index in [1.54, 1.807) is 38.4 Å². The summed E-state index contributed by atoms with van der Waals surface area (Å²) in [5.41, 5.74) is 2.95. The maximum Gasteiger partial charge on any atom is 0.413 e. The van der Waals surface area contributed by atoms with Crippen LogP contribution in [-0.4, -0.2) is 48.2 Å². The molecule has 3 N–H and O–H groups in total. The molecule has 0 bridgehead atoms. The lowest BCUT2D eigenvalue weighted by Crippen LogP contribution is -2.37. The van der Waals surface area contributed by atoms with Crippen molar-refractivity contribution in [3.05, 3.63) is 47.9 Å². The third-order valence-corrected chi connectivity index (χ3v) is 5.57. The lowest BCUT2D eigenvalue weighted by Gasteiger charge is -2.29. The van der Waals surface area contributed by atoms with Gasteiger partial charge in [0.25, 0.3) is 0 Å². The Balaban J connectivity index is 1.42. The summed E-state index contributed by atoms with van der Waals surface area (Å²) in [5.74, 6) is -0.000366. The lowest BCUT2D eigenvalue weighted by atomic mass is 9.82. The molecular weight excluding hydrogens is 426 g/mol. The Labute approximate surface area is 190 Å². The second-order valence-corrected chi connectivity index (χ2v) is 8.00. The van der Waals surface area contributed by atoms with Crippen LogP contribution in [0.4, 0.5) is 16.3 Å². The third-order valence-electron chi connectivity index (χ3n) is 5.57. The fraction of sp³-hybridized carbons (Fsp3) is 0.364. The van der Waals surface area contributed by atoms with Gasteiger partial charge in [-0.3, -0.25) is 20.1 Å². The number of aliphatic hydroxyl groups excluding tert-OH is 1. The molecule has 172 valence electrons. The van der Waals surface area contributed by atoms with E-state index < -0.39 is 18.3 Å². The number of pyridine rings is 2. The fourth-order valence-electron chi connectivity index (χ4n) is 3.60. The van der Waals surface area contributed by atoms with E-state index in [2.05, 4.69) is 30.9 Å². The Morgan fingerprint density at radius 2 is 2.00 bits per heavy atom. The van der Waals surface area contributed by atoms with Crippen LogP contribution in [0.1, 0.15) is 37.1 Å². The second kappa shape index (κ2) is 9.33. The molecule has 0 radical (unpaired) electrons. The van der Waals surface area contributed by atoms with Crippen LogP contribution in [0.2, 0.25) is 0 Å². The molecule has 1 atom stereocenters. The Hall–Kier alpha value is -3.86. The van der Waals surface area contributed by atoms with Gasteiger partial charge in [0.1, 0.15) is 6.10 Å². The van der Waals surface area contributed by atoms with Gasteiger partial charge >= 0.3 is 6.09 Å². The van der Waals surface area contributed by atoms with Gasteiger partial charge < -0.3 is 15.2 Å². The smallest absolute Gasteiger partial charge is 0.413 e. The molecule has 11 heteroatoms. The van der Waals surface area contributed by atoms with Crippen LogP contribution in [0.15, 0.2) is 36.7 Å². The highest BCUT2D eigenvalue weighted by atomic mass is 16.6. The van der Waals surface area contributed by atoms with Crippen LogP contribution in [0.25, 0.3) is 11.4 Å². The lowest BCUT2D eigenvalue weighted by molar-refractivity contribution is -0.126. The van der Waals surface area contributed by atoms with Crippen molar-refractivity contribution >= 4 is 23.5 Å². The predicted octanol–water partition coefficient (Wildman–Crippen LogP) is 2.60. The van der Waals surface area contributed by atoms with Crippen molar-refractivity contribution in [2.24, 2.45) is 13.0 Å². The van der Waals surface area contributed by atoms with E-state index in [1.165, 1.54) is 10.9 Å². The number of aryl methyl sites for hydroxylation is 2. The average Bonchev–Trinajstić information content (AvgIpc) is 3.12. The number of nitrogens with zero attached hydrogens (tertiary/aromatic N) is 5. The molecule has 11 nitrogen and oxygen atoms in total. The van der Waals surface area contributed by atoms with Crippen LogP contribution in [0.3, 0.4) is 0 Å². The summed E-state index contributed by atoms with van der Waals surface area (Å²) >= 11 is 0. The Morgan fingerprint density at radius 3 is 2.67 bits per heavy atom. The van der Waals surface area contributed by atoms with Crippen molar-refractivity contribution < 1.29 is 19.4 Å². The number of aromatic nitrogens is 5. The first-order chi connectivity index (χ1) is 15.8. The molecule has 1 unspecified atom stereocenters. The Morgan fingerprint density at radius 1 is 1.21 bits per heavy atom. The van der Waals surface area contributed by atoms with Crippen molar-refractivity contribution in [1.82, 2.24) is 25.0 Å². The Bertz CT molecular complexity index is 1160. The van der Waals surface area contributed by atoms with E-state index in [0.29, 0.717) is 35.7 Å². The Kier molecular flexibility index (Phi) is 6.31. The summed E-state index contributed by atoms with van der Waals surface area (Å²) in [7, 11) is 1.64. The molecule has 1 aliphatic carbocycles. The molecular formula is C22H25N7O4. The largest absolute Gasteiger partial charge is 0.441 e. The first-order valence-electron chi connectivity index (χ1n) is 10.6. The molecule has 3 aromatic heterocycles. The highest BCUT2D eigenvalue weighted by molar-refractivity contribution is 5.93. The molecule has 0 aliphatic heterocycles. The summed E-state index contributed by atoms with van der Waals surface area (Å²) in [6, 6.07) is 7.01. The highest BCUT2D eigenvalue weighted by Gasteiger charge is 2.33. The number of aliphatic hydroxyl groups is 1. The molecule has 0 aromatic carbocycles. The summed E-state index contributed by atoms with van der Waals surface area (Å²) < 4.78 is 6.91. The van der Waals surface area contributed by atoms with Crippen LogP contribution < -0.4 is 10.6 Å². The number of carbonyl (C=O) groups excluding carboxylic acids is 2. The first kappa shape index (κ1) is 22.3. The topological polar surface area (TPSA) is 144 Å². The quantitative estimate of drug-likeness (QED) is 0.519. The van der Waals surface area contributed by atoms with Gasteiger partial charge in [0.05, 0.1) is 23.7 Å². The molecule has 3 heterocycles. The van der Waals surface area contributed by atoms with Crippen LogP contribution in [0, 0.1) is 12.8 Å². The zero-order chi connectivity index (χ0) is 23.5. The van der Waals surface area contributed by atoms with E-state index in [0.717, 1.165) is 11.3 Å². The van der Waals surface area contributed by atoms with Crippen LogP contribution >= 0.6 is 0 Å². The van der Waals surface area contributed by atoms with E-state index >= 15 is 0 Å². The number of hydrogen-bond acceptors (Lipinski definition) is 8. The van der Waals surface area contributed by atoms with Crippen LogP contribution in [-0.2, 0) is 16.6 Å². The molecule has 4 rings (SSSR count). The fourth-order valence-corrected chi connectivity index (χ4v) is 3.60. The molecule has 0 saturated heterocycles. The summed E-state index contributed by atoms with van der Waals surface area (Å²) in [4.78, 5) is 33.2. The molecule has 33 heavy (non-hydrogen) atoms. The van der Waals surface area contributed by atoms with Crippen molar-refractivity contribution in [3.8, 4) is 11.4 Å². The van der Waals surface area contributed by atoms with Gasteiger partial charge in [-0.15, -0.1) is 5.10 Å². The number of rotatable bonds is 6. The van der Waals surface area contributed by atoms with E-state index in [4.69, 9.17) is 4.74 Å². The predicted molar refractivity (Wildman–Crippen MR) is 119 cm³/mol. The van der Waals surface area contributed by atoms with Gasteiger partial charge in [-0.25, -0.2) is 9.48 Å². The normalized spacial score (nSPS) is 18.2. The maximum absolute atomic E-state index is 12.5. The maximum atomic E-state index is 12.5. The number of hydrogen-bond donors (Lipinski definition) is 3. The first-order valence-corrected chi connectivity index (χ1v) is 10.6. The zero-order valence-electron chi connectivity index (χ0n) is 18.5. The number of nitrogens with one attached hydrogen (secondary N) is 2. The van der Waals surface area contributed by atoms with Gasteiger partial charge in [-0.05, 0) is 44.9 Å². The van der Waals surface area contributed by atoms with E-state index in [9.17, 15) is 14.7 Å². The molecule has 0 spiro atoms. The standard InChI is InChI=1S/C22H25N7O4/c1-12-17(5-4-8-23-12)13(2)33-22(32)26-20-19(27-28-29(20)3)18-7-6-15(11-24-18)25-21(31)14-9-16(30)10-14/h4-8,11,13-14,16,30H,9-10H2,1-3H3,(H,25,31)(H,26,32). The average molecular weight is 451 g/mol. The second-order valence-electron chi connectivity index (χ2n) is 8.00. The number of amides is 2. The molecule has 2 amide bonds. The minimum Gasteiger partial charge on any atom is -0.441 e. The number of carbonyl (C=O) groups is 2. The van der Waals surface area contributed by atoms with Crippen LogP contribution in [0.5, 0.6) is 0 Å². The SMILES string of the molecule is Cc1ncccc1C(C)OC(=O)Nc1c(-c2ccc(NC(=O)C3CC(O)C3)cn2)nnn1C. The van der Waals surface area contributed by atoms with Gasteiger partial charge in [0, 0.05) is 30.4 Å². The van der Waals surface area contributed by atoms with E-state index in [1.807, 2.05) is 13.0 Å². The van der Waals surface area contributed by atoms with Gasteiger partial charge in [-0.1, -0.05) is 11.3 Å². The minimum atomic E-state index is -0.663. The zero-order valence-corrected chi connectivity index (χ0v) is 18.5. The summed E-state index contributed by atoms with van der Waals surface area (Å²) in [6.07, 6.45) is 2.58. The summed E-state index contributed by atoms with van der Waals surface area (Å²) in [5, 5.41) is 22.9. The number of anilines is 2. The monoisotopic (exact) mass is 451 g/mol. The minimum absolute atomic E-state index is 0.141. The van der Waals surface area contributed by atoms with Gasteiger partial charge in [0.15, 0.2) is 11.5 Å². The van der Waals surface area contributed by atoms with E-state index in [-0.39, 0.29) is 11.8 Å². The molecule has 3 aromatic rings. The van der Waals surface area contributed by atoms with Crippen molar-refractivity contribution in [1.29, 1.82) is 0 Å². The van der Waals surface area contributed by atoms with Crippen molar-refractivity contribution in [2.45, 2.75) is 38.9 Å². The molecule has 1 fully saturated rings. The summed E-state index contributed by atoms with van der Waals surface area (Å²) in [6.45, 7) is 3.62. The third kappa shape index (κ3) is 4.98. The number of ether oxygens (including phenoxy) is 1.